The number of pyridine rings is 1. The molecule has 11 rings (SSSR count). The normalized spacial score (nSPS) is 11.5. The summed E-state index contributed by atoms with van der Waals surface area (Å²) in [5.74, 6) is 0.693. The average molecular weight is 744 g/mol. The topological polar surface area (TPSA) is 38.7 Å². The fraction of sp³-hybridized carbons (Fsp3) is 0. The highest BCUT2D eigenvalue weighted by Crippen LogP contribution is 2.44. The summed E-state index contributed by atoms with van der Waals surface area (Å²) in [5.41, 5.74) is 12.6. The molecule has 266 valence electrons. The Morgan fingerprint density at radius 2 is 0.860 bits per heavy atom. The first kappa shape index (κ1) is 33.1. The summed E-state index contributed by atoms with van der Waals surface area (Å²) in [7, 11) is 0. The van der Waals surface area contributed by atoms with Gasteiger partial charge in [-0.3, -0.25) is 0 Å². The van der Waals surface area contributed by atoms with Crippen LogP contribution in [0.2, 0.25) is 0 Å². The molecule has 0 saturated carbocycles. The van der Waals surface area contributed by atoms with Crippen LogP contribution in [0.1, 0.15) is 0 Å². The van der Waals surface area contributed by atoms with Crippen LogP contribution in [0, 0.1) is 0 Å². The number of thiophene rings is 1. The summed E-state index contributed by atoms with van der Waals surface area (Å²) in [6.07, 6.45) is 0. The van der Waals surface area contributed by atoms with Gasteiger partial charge >= 0.3 is 0 Å². The highest BCUT2D eigenvalue weighted by atomic mass is 32.1. The zero-order valence-corrected chi connectivity index (χ0v) is 31.6. The van der Waals surface area contributed by atoms with Crippen molar-refractivity contribution >= 4 is 53.2 Å². The number of rotatable bonds is 6. The van der Waals surface area contributed by atoms with E-state index in [4.69, 9.17) is 15.0 Å². The molecule has 3 aromatic heterocycles. The molecule has 0 atom stereocenters. The number of hydrogen-bond donors (Lipinski definition) is 0. The van der Waals surface area contributed by atoms with Gasteiger partial charge in [-0.05, 0) is 63.4 Å². The Morgan fingerprint density at radius 3 is 1.60 bits per heavy atom. The maximum atomic E-state index is 5.39. The summed E-state index contributed by atoms with van der Waals surface area (Å²) in [6, 6.07) is 70.8. The monoisotopic (exact) mass is 743 g/mol. The van der Waals surface area contributed by atoms with E-state index in [0.29, 0.717) is 5.82 Å². The second-order valence-electron chi connectivity index (χ2n) is 14.4. The van der Waals surface area contributed by atoms with Crippen molar-refractivity contribution in [3.05, 3.63) is 200 Å². The lowest BCUT2D eigenvalue weighted by Crippen LogP contribution is -1.96. The second kappa shape index (κ2) is 13.8. The molecule has 0 fully saturated rings. The van der Waals surface area contributed by atoms with Crippen molar-refractivity contribution in [2.75, 3.05) is 0 Å². The molecule has 0 unspecified atom stereocenters. The number of aromatic nitrogens is 3. The molecular weight excluding hydrogens is 711 g/mol. The molecule has 3 nitrogen and oxygen atoms in total. The predicted octanol–water partition coefficient (Wildman–Crippen LogP) is 14.5. The van der Waals surface area contributed by atoms with Gasteiger partial charge in [0, 0.05) is 43.1 Å². The van der Waals surface area contributed by atoms with E-state index in [1.807, 2.05) is 23.5 Å². The van der Waals surface area contributed by atoms with Gasteiger partial charge in [0.25, 0.3) is 0 Å². The van der Waals surface area contributed by atoms with Gasteiger partial charge < -0.3 is 0 Å². The molecule has 57 heavy (non-hydrogen) atoms. The smallest absolute Gasteiger partial charge is 0.160 e. The lowest BCUT2D eigenvalue weighted by atomic mass is 9.98. The van der Waals surface area contributed by atoms with E-state index in [1.165, 1.54) is 47.5 Å². The maximum absolute atomic E-state index is 5.39. The zero-order valence-electron chi connectivity index (χ0n) is 30.8. The summed E-state index contributed by atoms with van der Waals surface area (Å²) < 4.78 is 2.49. The third kappa shape index (κ3) is 6.04. The molecule has 3 heterocycles. The molecule has 0 aliphatic heterocycles. The molecule has 8 aromatic carbocycles. The van der Waals surface area contributed by atoms with Gasteiger partial charge in [0.15, 0.2) is 5.82 Å². The maximum Gasteiger partial charge on any atom is 0.160 e. The number of fused-ring (bicyclic) bond motifs is 6. The summed E-state index contributed by atoms with van der Waals surface area (Å²) in [4.78, 5) is 15.6. The third-order valence-electron chi connectivity index (χ3n) is 10.9. The van der Waals surface area contributed by atoms with Crippen LogP contribution in [-0.2, 0) is 0 Å². The molecule has 0 amide bonds. The molecule has 0 N–H and O–H groups in total. The van der Waals surface area contributed by atoms with Gasteiger partial charge in [-0.1, -0.05) is 170 Å². The third-order valence-corrected chi connectivity index (χ3v) is 12.0. The highest BCUT2D eigenvalue weighted by molar-refractivity contribution is 7.26. The van der Waals surface area contributed by atoms with Crippen molar-refractivity contribution < 1.29 is 0 Å². The minimum Gasteiger partial charge on any atom is -0.246 e. The van der Waals surface area contributed by atoms with Crippen LogP contribution in [0.15, 0.2) is 200 Å². The number of benzene rings is 8. The Kier molecular flexibility index (Phi) is 8.01. The minimum absolute atomic E-state index is 0.693. The quantitative estimate of drug-likeness (QED) is 0.159. The van der Waals surface area contributed by atoms with Gasteiger partial charge in [0.2, 0.25) is 0 Å². The van der Waals surface area contributed by atoms with Gasteiger partial charge in [-0.2, -0.15) is 0 Å². The fourth-order valence-corrected chi connectivity index (χ4v) is 9.20. The molecular formula is C53H33N3S. The number of nitrogens with zero attached hydrogens (tertiary/aromatic N) is 3. The molecule has 0 saturated heterocycles. The van der Waals surface area contributed by atoms with E-state index in [0.717, 1.165) is 56.0 Å². The van der Waals surface area contributed by atoms with Crippen molar-refractivity contribution in [3.8, 4) is 67.4 Å². The summed E-state index contributed by atoms with van der Waals surface area (Å²) >= 11 is 1.83. The van der Waals surface area contributed by atoms with Crippen LogP contribution in [0.4, 0.5) is 0 Å². The van der Waals surface area contributed by atoms with Crippen molar-refractivity contribution in [3.63, 3.8) is 0 Å². The van der Waals surface area contributed by atoms with E-state index in [2.05, 4.69) is 188 Å². The highest BCUT2D eigenvalue weighted by Gasteiger charge is 2.18. The van der Waals surface area contributed by atoms with E-state index < -0.39 is 0 Å². The molecule has 0 radical (unpaired) electrons. The lowest BCUT2D eigenvalue weighted by molar-refractivity contribution is 1.18. The van der Waals surface area contributed by atoms with Crippen LogP contribution >= 0.6 is 11.3 Å². The van der Waals surface area contributed by atoms with Crippen molar-refractivity contribution in [2.24, 2.45) is 0 Å². The van der Waals surface area contributed by atoms with E-state index in [-0.39, 0.29) is 0 Å². The second-order valence-corrected chi connectivity index (χ2v) is 15.5. The SMILES string of the molecule is c1ccc(-c2ccc(-c3cc(-c4ccccc4)nc(-c4ccc(-c5cccc(-c6nc7cc8ccccc8cc7c7c6sc6ccccc67)c5)cc4)n3)cc2)cc1. The Morgan fingerprint density at radius 1 is 0.333 bits per heavy atom. The standard InChI is InChI=1S/C53H33N3S/c1-3-12-34(13-4-1)35-22-26-38(27-23-35)47-33-46(37-14-5-2-6-15-37)55-53(56-47)39-28-24-36(25-29-39)40-18-11-19-43(30-40)51-52-50(44-20-9-10-21-49(44)57-52)45-31-41-16-7-8-17-42(41)32-48(45)54-51/h1-33H. The molecule has 4 heteroatoms. The van der Waals surface area contributed by atoms with Gasteiger partial charge in [-0.25, -0.2) is 15.0 Å². The van der Waals surface area contributed by atoms with Crippen molar-refractivity contribution in [2.45, 2.75) is 0 Å². The molecule has 0 bridgehead atoms. The lowest BCUT2D eigenvalue weighted by Gasteiger charge is -2.12. The Bertz CT molecular complexity index is 3260. The average Bonchev–Trinajstić information content (AvgIpc) is 3.69. The minimum atomic E-state index is 0.693. The van der Waals surface area contributed by atoms with E-state index >= 15 is 0 Å². The van der Waals surface area contributed by atoms with Gasteiger partial charge in [0.05, 0.1) is 27.3 Å². The molecule has 0 aliphatic carbocycles. The van der Waals surface area contributed by atoms with Gasteiger partial charge in [-0.15, -0.1) is 11.3 Å². The molecule has 0 spiro atoms. The number of hydrogen-bond acceptors (Lipinski definition) is 4. The van der Waals surface area contributed by atoms with Crippen LogP contribution in [0.25, 0.3) is 109 Å². The van der Waals surface area contributed by atoms with E-state index in [1.54, 1.807) is 0 Å². The van der Waals surface area contributed by atoms with Crippen LogP contribution in [0.3, 0.4) is 0 Å². The van der Waals surface area contributed by atoms with Crippen LogP contribution in [-0.4, -0.2) is 15.0 Å². The summed E-state index contributed by atoms with van der Waals surface area (Å²) in [5, 5.41) is 6.18. The Balaban J connectivity index is 0.982. The summed E-state index contributed by atoms with van der Waals surface area (Å²) in [6.45, 7) is 0. The van der Waals surface area contributed by atoms with Crippen LogP contribution < -0.4 is 0 Å². The fourth-order valence-electron chi connectivity index (χ4n) is 7.97. The largest absolute Gasteiger partial charge is 0.246 e. The molecule has 0 aliphatic rings. The zero-order chi connectivity index (χ0) is 37.7. The van der Waals surface area contributed by atoms with Crippen molar-refractivity contribution in [1.29, 1.82) is 0 Å². The predicted molar refractivity (Wildman–Crippen MR) is 240 cm³/mol. The molecule has 11 aromatic rings. The van der Waals surface area contributed by atoms with Crippen molar-refractivity contribution in [1.82, 2.24) is 15.0 Å². The van der Waals surface area contributed by atoms with Gasteiger partial charge in [0.1, 0.15) is 0 Å². The first-order chi connectivity index (χ1) is 28.2. The Labute approximate surface area is 334 Å². The van der Waals surface area contributed by atoms with Crippen LogP contribution in [0.5, 0.6) is 0 Å². The first-order valence-electron chi connectivity index (χ1n) is 19.2. The Hall–Kier alpha value is -7.27. The van der Waals surface area contributed by atoms with E-state index in [9.17, 15) is 0 Å². The first-order valence-corrected chi connectivity index (χ1v) is 20.0.